The van der Waals surface area contributed by atoms with Crippen molar-refractivity contribution in [1.29, 1.82) is 0 Å². The Hall–Kier alpha value is -1.39. The highest BCUT2D eigenvalue weighted by Gasteiger charge is 2.57. The predicted molar refractivity (Wildman–Crippen MR) is 133 cm³/mol. The van der Waals surface area contributed by atoms with Gasteiger partial charge in [0, 0.05) is 13.0 Å². The third-order valence-electron chi connectivity index (χ3n) is 9.28. The zero-order chi connectivity index (χ0) is 24.0. The largest absolute Gasteiger partial charge is 0.327 e. The van der Waals surface area contributed by atoms with Crippen LogP contribution in [0.5, 0.6) is 0 Å². The van der Waals surface area contributed by atoms with E-state index in [4.69, 9.17) is 0 Å². The summed E-state index contributed by atoms with van der Waals surface area (Å²) in [5, 5.41) is 0. The van der Waals surface area contributed by atoms with Crippen LogP contribution in [0.4, 0.5) is 4.79 Å². The molecule has 4 unspecified atom stereocenters. The van der Waals surface area contributed by atoms with Crippen LogP contribution in [0.25, 0.3) is 0 Å². The second-order valence-electron chi connectivity index (χ2n) is 11.6. The maximum absolute atomic E-state index is 13.5. The van der Waals surface area contributed by atoms with Crippen molar-refractivity contribution in [2.45, 2.75) is 123 Å². The Morgan fingerprint density at radius 2 is 1.70 bits per heavy atom. The molecule has 0 N–H and O–H groups in total. The molecule has 2 saturated carbocycles. The summed E-state index contributed by atoms with van der Waals surface area (Å²) in [6, 6.07) is -0.293. The molecule has 2 aliphatic carbocycles. The highest BCUT2D eigenvalue weighted by atomic mass is 16.2. The molecule has 188 valence electrons. The molecule has 0 aromatic rings. The zero-order valence-corrected chi connectivity index (χ0v) is 21.7. The van der Waals surface area contributed by atoms with E-state index in [1.807, 2.05) is 6.92 Å². The number of Topliss-reactive ketones (excluding diaryl/α,β-unsaturated/α-hetero) is 1. The number of rotatable bonds is 9. The maximum Gasteiger partial charge on any atom is 0.327 e. The topological polar surface area (TPSA) is 57.7 Å². The molecule has 0 bridgehead atoms. The van der Waals surface area contributed by atoms with Gasteiger partial charge in [0.05, 0.1) is 6.54 Å². The summed E-state index contributed by atoms with van der Waals surface area (Å²) in [6.45, 7) is 6.17. The molecule has 1 aliphatic heterocycles. The summed E-state index contributed by atoms with van der Waals surface area (Å²) in [6.07, 6.45) is 17.7. The lowest BCUT2D eigenvalue weighted by Gasteiger charge is -2.40. The quantitative estimate of drug-likeness (QED) is 0.365. The third kappa shape index (κ3) is 6.00. The van der Waals surface area contributed by atoms with Crippen LogP contribution < -0.4 is 0 Å². The van der Waals surface area contributed by atoms with E-state index in [-0.39, 0.29) is 36.1 Å². The lowest BCUT2D eigenvalue weighted by molar-refractivity contribution is -0.138. The summed E-state index contributed by atoms with van der Waals surface area (Å²) in [7, 11) is 1.75. The van der Waals surface area contributed by atoms with E-state index in [0.717, 1.165) is 44.4 Å². The van der Waals surface area contributed by atoms with Crippen molar-refractivity contribution in [3.8, 4) is 0 Å². The minimum Gasteiger partial charge on any atom is -0.313 e. The molecule has 33 heavy (non-hydrogen) atoms. The van der Waals surface area contributed by atoms with E-state index < -0.39 is 5.54 Å². The average Bonchev–Trinajstić information content (AvgIpc) is 2.94. The van der Waals surface area contributed by atoms with E-state index in [2.05, 4.69) is 13.8 Å². The molecule has 5 nitrogen and oxygen atoms in total. The van der Waals surface area contributed by atoms with Gasteiger partial charge in [-0.3, -0.25) is 14.5 Å². The van der Waals surface area contributed by atoms with Gasteiger partial charge in [-0.1, -0.05) is 84.5 Å². The molecule has 3 aliphatic rings. The fourth-order valence-electron chi connectivity index (χ4n) is 6.78. The van der Waals surface area contributed by atoms with Crippen LogP contribution in [0.2, 0.25) is 0 Å². The van der Waals surface area contributed by atoms with Gasteiger partial charge < -0.3 is 4.90 Å². The van der Waals surface area contributed by atoms with Crippen LogP contribution in [0.1, 0.15) is 117 Å². The van der Waals surface area contributed by atoms with Crippen LogP contribution in [0, 0.1) is 23.7 Å². The Balaban J connectivity index is 1.56. The molecule has 4 atom stereocenters. The number of hydrogen-bond donors (Lipinski definition) is 0. The van der Waals surface area contributed by atoms with Gasteiger partial charge in [0.2, 0.25) is 0 Å². The molecule has 5 heteroatoms. The van der Waals surface area contributed by atoms with Gasteiger partial charge in [-0.25, -0.2) is 4.79 Å². The first-order valence-electron chi connectivity index (χ1n) is 13.9. The van der Waals surface area contributed by atoms with Crippen LogP contribution in [0.3, 0.4) is 0 Å². The van der Waals surface area contributed by atoms with Crippen molar-refractivity contribution in [1.82, 2.24) is 9.80 Å². The molecule has 3 fully saturated rings. The van der Waals surface area contributed by atoms with Gasteiger partial charge in [0.15, 0.2) is 5.78 Å². The van der Waals surface area contributed by atoms with E-state index >= 15 is 0 Å². The van der Waals surface area contributed by atoms with Crippen LogP contribution in [0.15, 0.2) is 0 Å². The highest BCUT2D eigenvalue weighted by Crippen LogP contribution is 2.42. The SMILES string of the molecule is CCC(CCCC1CCCCCCC1)C(=O)CN1C(=O)N(C)C(C)(C2CCCC(C)C2)C1=O. The Morgan fingerprint density at radius 1 is 1.03 bits per heavy atom. The average molecular weight is 461 g/mol. The summed E-state index contributed by atoms with van der Waals surface area (Å²) < 4.78 is 0. The summed E-state index contributed by atoms with van der Waals surface area (Å²) in [5.41, 5.74) is -0.814. The fraction of sp³-hybridized carbons (Fsp3) is 0.893. The predicted octanol–water partition coefficient (Wildman–Crippen LogP) is 6.59. The summed E-state index contributed by atoms with van der Waals surface area (Å²) >= 11 is 0. The molecule has 0 aromatic heterocycles. The molecule has 1 saturated heterocycles. The Bertz CT molecular complexity index is 685. The third-order valence-corrected chi connectivity index (χ3v) is 9.28. The number of urea groups is 1. The number of ketones is 1. The molecule has 0 radical (unpaired) electrons. The van der Waals surface area contributed by atoms with Gasteiger partial charge in [-0.2, -0.15) is 0 Å². The molecule has 1 heterocycles. The lowest BCUT2D eigenvalue weighted by atomic mass is 9.71. The van der Waals surface area contributed by atoms with Crippen molar-refractivity contribution in [2.75, 3.05) is 13.6 Å². The number of hydrogen-bond acceptors (Lipinski definition) is 3. The lowest BCUT2D eigenvalue weighted by Crippen LogP contribution is -2.52. The second-order valence-corrected chi connectivity index (χ2v) is 11.6. The first kappa shape index (κ1) is 26.2. The van der Waals surface area contributed by atoms with Crippen LogP contribution in [-0.2, 0) is 9.59 Å². The van der Waals surface area contributed by atoms with Crippen molar-refractivity contribution in [2.24, 2.45) is 23.7 Å². The van der Waals surface area contributed by atoms with E-state index in [1.54, 1.807) is 11.9 Å². The Morgan fingerprint density at radius 3 is 2.33 bits per heavy atom. The molecular weight excluding hydrogens is 412 g/mol. The van der Waals surface area contributed by atoms with Gasteiger partial charge in [0.1, 0.15) is 5.54 Å². The number of carbonyl (C=O) groups excluding carboxylic acids is 3. The number of amides is 3. The highest BCUT2D eigenvalue weighted by molar-refractivity contribution is 6.09. The standard InChI is InChI=1S/C28H48N2O3/c1-5-23(17-12-16-22-14-9-7-6-8-10-15-22)25(31)20-30-26(32)28(3,29(4)27(30)33)24-18-11-13-21(2)19-24/h21-24H,5-20H2,1-4H3. The zero-order valence-electron chi connectivity index (χ0n) is 21.7. The van der Waals surface area contributed by atoms with Crippen LogP contribution in [-0.4, -0.2) is 46.7 Å². The first-order valence-corrected chi connectivity index (χ1v) is 13.9. The number of imide groups is 1. The Kier molecular flexibility index (Phi) is 9.41. The minimum absolute atomic E-state index is 0.0500. The number of nitrogens with zero attached hydrogens (tertiary/aromatic N) is 2. The van der Waals surface area contributed by atoms with E-state index in [1.165, 1.54) is 62.7 Å². The van der Waals surface area contributed by atoms with E-state index in [0.29, 0.717) is 5.92 Å². The second kappa shape index (κ2) is 11.8. The number of carbonyl (C=O) groups is 3. The summed E-state index contributed by atoms with van der Waals surface area (Å²) in [5.74, 6) is 1.42. The first-order chi connectivity index (χ1) is 15.8. The van der Waals surface area contributed by atoms with Gasteiger partial charge in [0.25, 0.3) is 5.91 Å². The van der Waals surface area contributed by atoms with Gasteiger partial charge >= 0.3 is 6.03 Å². The van der Waals surface area contributed by atoms with E-state index in [9.17, 15) is 14.4 Å². The fourth-order valence-corrected chi connectivity index (χ4v) is 6.78. The van der Waals surface area contributed by atoms with Crippen LogP contribution >= 0.6 is 0 Å². The normalized spacial score (nSPS) is 30.9. The Labute approximate surface area is 202 Å². The number of likely N-dealkylation sites (N-methyl/N-ethyl adjacent to an activating group) is 1. The molecule has 3 rings (SSSR count). The van der Waals surface area contributed by atoms with Crippen molar-refractivity contribution < 1.29 is 14.4 Å². The monoisotopic (exact) mass is 460 g/mol. The molecule has 0 spiro atoms. The van der Waals surface area contributed by atoms with Gasteiger partial charge in [-0.15, -0.1) is 0 Å². The smallest absolute Gasteiger partial charge is 0.313 e. The summed E-state index contributed by atoms with van der Waals surface area (Å²) in [4.78, 5) is 42.6. The van der Waals surface area contributed by atoms with Crippen molar-refractivity contribution in [3.05, 3.63) is 0 Å². The molecular formula is C28H48N2O3. The molecule has 0 aromatic carbocycles. The maximum atomic E-state index is 13.5. The van der Waals surface area contributed by atoms with Crippen molar-refractivity contribution in [3.63, 3.8) is 0 Å². The minimum atomic E-state index is -0.814. The molecule has 3 amide bonds. The van der Waals surface area contributed by atoms with Crippen molar-refractivity contribution >= 4 is 17.7 Å². The van der Waals surface area contributed by atoms with Gasteiger partial charge in [-0.05, 0) is 50.4 Å².